The first kappa shape index (κ1) is 15.6. The highest BCUT2D eigenvalue weighted by atomic mass is 16.4. The van der Waals surface area contributed by atoms with Crippen LogP contribution in [0.15, 0.2) is 30.3 Å². The summed E-state index contributed by atoms with van der Waals surface area (Å²) >= 11 is 0. The van der Waals surface area contributed by atoms with Crippen molar-refractivity contribution in [2.75, 3.05) is 13.6 Å². The van der Waals surface area contributed by atoms with Crippen molar-refractivity contribution in [2.24, 2.45) is 0 Å². The number of hydrogen-bond donors (Lipinski definition) is 1. The van der Waals surface area contributed by atoms with Crippen LogP contribution in [0.3, 0.4) is 0 Å². The molecule has 1 aliphatic heterocycles. The predicted octanol–water partition coefficient (Wildman–Crippen LogP) is 3.31. The van der Waals surface area contributed by atoms with Crippen LogP contribution in [0.4, 0.5) is 0 Å². The lowest BCUT2D eigenvalue weighted by Gasteiger charge is -2.31. The number of aromatic nitrogens is 2. The third-order valence-corrected chi connectivity index (χ3v) is 4.37. The Bertz CT molecular complexity index is 730. The van der Waals surface area contributed by atoms with E-state index < -0.39 is 5.97 Å². The second kappa shape index (κ2) is 6.46. The molecular formula is C18H21N3O2. The van der Waals surface area contributed by atoms with Gasteiger partial charge < -0.3 is 5.11 Å². The summed E-state index contributed by atoms with van der Waals surface area (Å²) in [5.74, 6) is -0.143. The molecule has 1 N–H and O–H groups in total. The third-order valence-electron chi connectivity index (χ3n) is 4.37. The Hall–Kier alpha value is -2.27. The van der Waals surface area contributed by atoms with Gasteiger partial charge in [0.25, 0.3) is 0 Å². The fourth-order valence-corrected chi connectivity index (χ4v) is 3.17. The van der Waals surface area contributed by atoms with E-state index in [1.807, 2.05) is 19.1 Å². The third kappa shape index (κ3) is 3.24. The summed E-state index contributed by atoms with van der Waals surface area (Å²) in [6, 6.07) is 9.05. The van der Waals surface area contributed by atoms with E-state index in [4.69, 9.17) is 4.98 Å². The van der Waals surface area contributed by atoms with Crippen LogP contribution in [0.2, 0.25) is 0 Å². The average molecular weight is 311 g/mol. The monoisotopic (exact) mass is 311 g/mol. The number of rotatable bonds is 3. The van der Waals surface area contributed by atoms with E-state index >= 15 is 0 Å². The molecule has 5 nitrogen and oxygen atoms in total. The number of piperidine rings is 1. The van der Waals surface area contributed by atoms with Crippen LogP contribution < -0.4 is 0 Å². The Morgan fingerprint density at radius 3 is 2.78 bits per heavy atom. The zero-order valence-electron chi connectivity index (χ0n) is 13.5. The van der Waals surface area contributed by atoms with E-state index in [2.05, 4.69) is 16.9 Å². The highest BCUT2D eigenvalue weighted by molar-refractivity contribution is 5.95. The standard InChI is InChI=1S/C18H21N3O2/c1-12-11-15(13-7-3-4-8-14(13)18(22)23)20-17(19-12)16-9-5-6-10-21(16)2/h3-4,7-8,11,16H,5-6,9-10H2,1-2H3,(H,22,23)/t16-/m0/s1. The van der Waals surface area contributed by atoms with Crippen LogP contribution in [0, 0.1) is 6.92 Å². The van der Waals surface area contributed by atoms with E-state index in [0.29, 0.717) is 11.3 Å². The number of carboxylic acid groups (broad SMARTS) is 1. The summed E-state index contributed by atoms with van der Waals surface area (Å²) in [7, 11) is 2.10. The van der Waals surface area contributed by atoms with Gasteiger partial charge in [0.15, 0.2) is 0 Å². The van der Waals surface area contributed by atoms with Crippen LogP contribution >= 0.6 is 0 Å². The lowest BCUT2D eigenvalue weighted by molar-refractivity contribution is 0.0697. The van der Waals surface area contributed by atoms with Crippen molar-refractivity contribution in [3.05, 3.63) is 47.4 Å². The molecule has 0 spiro atoms. The van der Waals surface area contributed by atoms with Gasteiger partial charge >= 0.3 is 5.97 Å². The Balaban J connectivity index is 2.06. The maximum atomic E-state index is 11.5. The molecule has 0 amide bonds. The number of nitrogens with zero attached hydrogens (tertiary/aromatic N) is 3. The van der Waals surface area contributed by atoms with E-state index in [9.17, 15) is 9.90 Å². The zero-order valence-corrected chi connectivity index (χ0v) is 13.5. The fourth-order valence-electron chi connectivity index (χ4n) is 3.17. The van der Waals surface area contributed by atoms with Gasteiger partial charge in [-0.1, -0.05) is 24.6 Å². The first-order valence-electron chi connectivity index (χ1n) is 7.95. The molecule has 1 aliphatic rings. The summed E-state index contributed by atoms with van der Waals surface area (Å²) in [5.41, 5.74) is 2.47. The van der Waals surface area contributed by atoms with Gasteiger partial charge in [0, 0.05) is 11.3 Å². The molecule has 0 bridgehead atoms. The normalized spacial score (nSPS) is 18.8. The molecule has 1 aromatic carbocycles. The molecule has 5 heteroatoms. The van der Waals surface area contributed by atoms with Gasteiger partial charge in [0.05, 0.1) is 17.3 Å². The van der Waals surface area contributed by atoms with E-state index in [0.717, 1.165) is 24.5 Å². The molecule has 2 heterocycles. The number of carbonyl (C=O) groups is 1. The van der Waals surface area contributed by atoms with E-state index in [1.165, 1.54) is 12.8 Å². The van der Waals surface area contributed by atoms with Crippen LogP contribution in [-0.4, -0.2) is 39.5 Å². The van der Waals surface area contributed by atoms with Crippen molar-refractivity contribution < 1.29 is 9.90 Å². The second-order valence-corrected chi connectivity index (χ2v) is 6.10. The van der Waals surface area contributed by atoms with Crippen molar-refractivity contribution in [2.45, 2.75) is 32.2 Å². The van der Waals surface area contributed by atoms with Crippen molar-refractivity contribution in [3.63, 3.8) is 0 Å². The van der Waals surface area contributed by atoms with Gasteiger partial charge in [-0.3, -0.25) is 4.90 Å². The van der Waals surface area contributed by atoms with Crippen LogP contribution in [0.5, 0.6) is 0 Å². The summed E-state index contributed by atoms with van der Waals surface area (Å²) < 4.78 is 0. The predicted molar refractivity (Wildman–Crippen MR) is 88.4 cm³/mol. The highest BCUT2D eigenvalue weighted by Gasteiger charge is 2.24. The van der Waals surface area contributed by atoms with Crippen molar-refractivity contribution >= 4 is 5.97 Å². The molecule has 1 atom stereocenters. The average Bonchev–Trinajstić information content (AvgIpc) is 2.54. The van der Waals surface area contributed by atoms with Crippen LogP contribution in [0.1, 0.15) is 47.2 Å². The molecule has 1 aromatic heterocycles. The number of aryl methyl sites for hydroxylation is 1. The summed E-state index contributed by atoms with van der Waals surface area (Å²) in [6.07, 6.45) is 3.42. The number of likely N-dealkylation sites (tertiary alicyclic amines) is 1. The number of benzene rings is 1. The zero-order chi connectivity index (χ0) is 16.4. The minimum atomic E-state index is -0.937. The molecule has 0 saturated carbocycles. The Kier molecular flexibility index (Phi) is 4.39. The number of hydrogen-bond acceptors (Lipinski definition) is 4. The number of aromatic carboxylic acids is 1. The second-order valence-electron chi connectivity index (χ2n) is 6.10. The van der Waals surface area contributed by atoms with Crippen LogP contribution in [-0.2, 0) is 0 Å². The molecule has 0 radical (unpaired) electrons. The fraction of sp³-hybridized carbons (Fsp3) is 0.389. The Labute approximate surface area is 136 Å². The number of carboxylic acids is 1. The Morgan fingerprint density at radius 1 is 1.26 bits per heavy atom. The maximum absolute atomic E-state index is 11.5. The molecule has 23 heavy (non-hydrogen) atoms. The summed E-state index contributed by atoms with van der Waals surface area (Å²) in [6.45, 7) is 2.98. The molecule has 1 saturated heterocycles. The molecule has 1 fully saturated rings. The van der Waals surface area contributed by atoms with E-state index in [-0.39, 0.29) is 11.6 Å². The molecular weight excluding hydrogens is 290 g/mol. The van der Waals surface area contributed by atoms with Gasteiger partial charge in [0.1, 0.15) is 5.82 Å². The quantitative estimate of drug-likeness (QED) is 0.942. The van der Waals surface area contributed by atoms with E-state index in [1.54, 1.807) is 18.2 Å². The smallest absolute Gasteiger partial charge is 0.336 e. The topological polar surface area (TPSA) is 66.3 Å². The van der Waals surface area contributed by atoms with Crippen molar-refractivity contribution in [3.8, 4) is 11.3 Å². The maximum Gasteiger partial charge on any atom is 0.336 e. The van der Waals surface area contributed by atoms with Crippen molar-refractivity contribution in [1.82, 2.24) is 14.9 Å². The summed E-state index contributed by atoms with van der Waals surface area (Å²) in [4.78, 5) is 23.1. The largest absolute Gasteiger partial charge is 0.478 e. The minimum absolute atomic E-state index is 0.208. The first-order chi connectivity index (χ1) is 11.1. The summed E-state index contributed by atoms with van der Waals surface area (Å²) in [5, 5.41) is 9.40. The molecule has 3 rings (SSSR count). The van der Waals surface area contributed by atoms with Crippen LogP contribution in [0.25, 0.3) is 11.3 Å². The van der Waals surface area contributed by atoms with Gasteiger partial charge in [0.2, 0.25) is 0 Å². The lowest BCUT2D eigenvalue weighted by Crippen LogP contribution is -2.31. The lowest BCUT2D eigenvalue weighted by atomic mass is 10.0. The minimum Gasteiger partial charge on any atom is -0.478 e. The highest BCUT2D eigenvalue weighted by Crippen LogP contribution is 2.30. The van der Waals surface area contributed by atoms with Gasteiger partial charge in [-0.15, -0.1) is 0 Å². The molecule has 0 aliphatic carbocycles. The van der Waals surface area contributed by atoms with Gasteiger partial charge in [-0.05, 0) is 45.5 Å². The molecule has 0 unspecified atom stereocenters. The molecule has 2 aromatic rings. The van der Waals surface area contributed by atoms with Gasteiger partial charge in [-0.2, -0.15) is 0 Å². The van der Waals surface area contributed by atoms with Gasteiger partial charge in [-0.25, -0.2) is 14.8 Å². The first-order valence-corrected chi connectivity index (χ1v) is 7.95. The molecule has 120 valence electrons. The van der Waals surface area contributed by atoms with Crippen molar-refractivity contribution in [1.29, 1.82) is 0 Å². The Morgan fingerprint density at radius 2 is 2.04 bits per heavy atom. The SMILES string of the molecule is Cc1cc(-c2ccccc2C(=O)O)nc([C@@H]2CCCCN2C)n1.